The fourth-order valence-electron chi connectivity index (χ4n) is 7.88. The molecule has 5 atom stereocenters. The van der Waals surface area contributed by atoms with E-state index in [0.29, 0.717) is 24.7 Å². The molecule has 4 heteroatoms. The molecule has 0 aromatic heterocycles. The third-order valence-corrected chi connectivity index (χ3v) is 9.96. The number of hydrogen-bond acceptors (Lipinski definition) is 3. The molecule has 4 aliphatic carbocycles. The second-order valence-electron chi connectivity index (χ2n) is 12.1. The summed E-state index contributed by atoms with van der Waals surface area (Å²) < 4.78 is 13.9. The molecule has 2 saturated carbocycles. The molecule has 0 radical (unpaired) electrons. The highest BCUT2D eigenvalue weighted by atomic mass is 19.1. The molecule has 0 bridgehead atoms. The molecule has 0 spiro atoms. The fourth-order valence-corrected chi connectivity index (χ4v) is 7.88. The fraction of sp³-hybridized carbons (Fsp3) is 0.441. The van der Waals surface area contributed by atoms with E-state index < -0.39 is 5.60 Å². The number of fused-ring (bicyclic) bond motifs is 4. The topological polar surface area (TPSA) is 40.5 Å². The molecule has 1 N–H and O–H groups in total. The van der Waals surface area contributed by atoms with Crippen LogP contribution < -0.4 is 4.90 Å². The molecule has 3 nitrogen and oxygen atoms in total. The van der Waals surface area contributed by atoms with Gasteiger partial charge in [0.25, 0.3) is 0 Å². The monoisotopic (exact) mass is 509 g/mol. The average Bonchev–Trinajstić information content (AvgIpc) is 3.17. The second kappa shape index (κ2) is 9.24. The van der Waals surface area contributed by atoms with Crippen molar-refractivity contribution in [2.75, 3.05) is 19.0 Å². The van der Waals surface area contributed by atoms with Crippen LogP contribution in [0.5, 0.6) is 0 Å². The molecule has 6 rings (SSSR count). The Morgan fingerprint density at radius 2 is 1.74 bits per heavy atom. The lowest BCUT2D eigenvalue weighted by Gasteiger charge is -2.53. The minimum atomic E-state index is -1.09. The predicted molar refractivity (Wildman–Crippen MR) is 149 cm³/mol. The molecule has 196 valence electrons. The third kappa shape index (κ3) is 4.03. The molecular weight excluding hydrogens is 473 g/mol. The summed E-state index contributed by atoms with van der Waals surface area (Å²) in [6.07, 6.45) is 7.51. The first-order chi connectivity index (χ1) is 18.2. The lowest BCUT2D eigenvalue weighted by Crippen LogP contribution is -2.51. The number of benzene rings is 2. The van der Waals surface area contributed by atoms with Gasteiger partial charge < -0.3 is 10.0 Å². The number of anilines is 1. The predicted octanol–water partition coefficient (Wildman–Crippen LogP) is 6.57. The molecule has 38 heavy (non-hydrogen) atoms. The van der Waals surface area contributed by atoms with Crippen LogP contribution in [0.3, 0.4) is 0 Å². The van der Waals surface area contributed by atoms with Gasteiger partial charge in [-0.1, -0.05) is 36.5 Å². The number of hydrogen-bond donors (Lipinski definition) is 1. The van der Waals surface area contributed by atoms with Gasteiger partial charge in [0.05, 0.1) is 0 Å². The van der Waals surface area contributed by atoms with E-state index in [1.54, 1.807) is 12.1 Å². The van der Waals surface area contributed by atoms with E-state index in [1.165, 1.54) is 16.7 Å². The summed E-state index contributed by atoms with van der Waals surface area (Å²) in [4.78, 5) is 14.3. The van der Waals surface area contributed by atoms with Crippen LogP contribution in [0.4, 0.5) is 10.1 Å². The number of aliphatic hydroxyl groups is 1. The van der Waals surface area contributed by atoms with E-state index in [0.717, 1.165) is 48.9 Å². The maximum absolute atomic E-state index is 13.9. The van der Waals surface area contributed by atoms with Crippen LogP contribution in [0.15, 0.2) is 71.3 Å². The minimum absolute atomic E-state index is 0.0829. The van der Waals surface area contributed by atoms with Gasteiger partial charge in [-0.25, -0.2) is 4.39 Å². The standard InChI is InChI=1S/C34H36FNO2/c1-33-21-30(23-6-9-25(35)10-7-23)32-28-15-13-27(37)20-24(28)8-14-29(32)31(33)17-19-34(33,38)18-16-22-4-11-26(12-5-22)36(2)3/h4-7,9-12,20,29-31,38H,8,13-15,17,19,21H2,1-3H3/t29-,30+,31-,33-,34-/m0/s1. The lowest BCUT2D eigenvalue weighted by molar-refractivity contribution is -0.114. The summed E-state index contributed by atoms with van der Waals surface area (Å²) in [5, 5.41) is 12.2. The number of carbonyl (C=O) groups excluding carboxylic acids is 1. The molecule has 0 amide bonds. The van der Waals surface area contributed by atoms with Crippen molar-refractivity contribution in [3.8, 4) is 11.8 Å². The largest absolute Gasteiger partial charge is 0.378 e. The van der Waals surface area contributed by atoms with E-state index in [2.05, 4.69) is 35.8 Å². The molecule has 0 saturated heterocycles. The van der Waals surface area contributed by atoms with Crippen LogP contribution in [0, 0.1) is 34.9 Å². The first-order valence-electron chi connectivity index (χ1n) is 13.9. The Bertz CT molecular complexity index is 1390. The van der Waals surface area contributed by atoms with Crippen molar-refractivity contribution >= 4 is 11.5 Å². The zero-order valence-corrected chi connectivity index (χ0v) is 22.6. The number of nitrogens with zero attached hydrogens (tertiary/aromatic N) is 1. The highest BCUT2D eigenvalue weighted by Crippen LogP contribution is 2.66. The number of carbonyl (C=O) groups is 1. The zero-order chi connectivity index (χ0) is 26.7. The van der Waals surface area contributed by atoms with Gasteiger partial charge in [-0.3, -0.25) is 4.79 Å². The third-order valence-electron chi connectivity index (χ3n) is 9.96. The van der Waals surface area contributed by atoms with Crippen molar-refractivity contribution in [1.29, 1.82) is 0 Å². The number of allylic oxidation sites excluding steroid dienone is 4. The van der Waals surface area contributed by atoms with Crippen LogP contribution in [0.2, 0.25) is 0 Å². The molecule has 0 unspecified atom stereocenters. The Hall–Kier alpha value is -3.16. The van der Waals surface area contributed by atoms with E-state index in [-0.39, 0.29) is 22.9 Å². The Labute approximate surface area is 225 Å². The Morgan fingerprint density at radius 1 is 1.00 bits per heavy atom. The number of ketones is 1. The molecular formula is C34H36FNO2. The van der Waals surface area contributed by atoms with Gasteiger partial charge in [0, 0.05) is 43.1 Å². The maximum atomic E-state index is 13.9. The molecule has 2 aromatic rings. The normalized spacial score (nSPS) is 32.0. The number of halogens is 1. The first kappa shape index (κ1) is 25.1. The summed E-state index contributed by atoms with van der Waals surface area (Å²) in [7, 11) is 4.03. The average molecular weight is 510 g/mol. The van der Waals surface area contributed by atoms with E-state index in [4.69, 9.17) is 0 Å². The van der Waals surface area contributed by atoms with Crippen LogP contribution in [-0.4, -0.2) is 30.6 Å². The zero-order valence-electron chi connectivity index (χ0n) is 22.6. The highest BCUT2D eigenvalue weighted by Gasteiger charge is 2.62. The van der Waals surface area contributed by atoms with E-state index in [1.807, 2.05) is 44.4 Å². The van der Waals surface area contributed by atoms with Crippen LogP contribution >= 0.6 is 0 Å². The summed E-state index contributed by atoms with van der Waals surface area (Å²) in [6, 6.07) is 15.1. The molecule has 0 aliphatic heterocycles. The van der Waals surface area contributed by atoms with Gasteiger partial charge in [-0.2, -0.15) is 0 Å². The van der Waals surface area contributed by atoms with Crippen molar-refractivity contribution in [2.45, 2.75) is 63.4 Å². The van der Waals surface area contributed by atoms with E-state index in [9.17, 15) is 14.3 Å². The first-order valence-corrected chi connectivity index (χ1v) is 13.9. The quantitative estimate of drug-likeness (QED) is 0.465. The molecule has 2 aromatic carbocycles. The summed E-state index contributed by atoms with van der Waals surface area (Å²) in [5.74, 6) is 7.42. The molecule has 4 aliphatic rings. The minimum Gasteiger partial charge on any atom is -0.378 e. The number of rotatable bonds is 2. The smallest absolute Gasteiger partial charge is 0.156 e. The van der Waals surface area contributed by atoms with Crippen molar-refractivity contribution in [1.82, 2.24) is 0 Å². The van der Waals surface area contributed by atoms with Gasteiger partial charge >= 0.3 is 0 Å². The Morgan fingerprint density at radius 3 is 2.45 bits per heavy atom. The van der Waals surface area contributed by atoms with Crippen molar-refractivity contribution < 1.29 is 14.3 Å². The van der Waals surface area contributed by atoms with Gasteiger partial charge in [0.15, 0.2) is 5.78 Å². The van der Waals surface area contributed by atoms with Crippen LogP contribution in [0.1, 0.15) is 68.9 Å². The highest BCUT2D eigenvalue weighted by molar-refractivity contribution is 5.93. The van der Waals surface area contributed by atoms with Crippen molar-refractivity contribution in [3.05, 3.63) is 88.3 Å². The van der Waals surface area contributed by atoms with Crippen molar-refractivity contribution in [3.63, 3.8) is 0 Å². The van der Waals surface area contributed by atoms with Crippen LogP contribution in [0.25, 0.3) is 0 Å². The Balaban J connectivity index is 1.42. The summed E-state index contributed by atoms with van der Waals surface area (Å²) in [6.45, 7) is 2.24. The maximum Gasteiger partial charge on any atom is 0.156 e. The van der Waals surface area contributed by atoms with Gasteiger partial charge in [0.2, 0.25) is 0 Å². The molecule has 2 fully saturated rings. The SMILES string of the molecule is CN(C)c1ccc(C#C[C@]2(O)CC[C@H]3[C@@H]4CCC5=CC(=O)CCC5=C4[C@@H](c4ccc(F)cc4)C[C@@]32C)cc1. The van der Waals surface area contributed by atoms with Crippen LogP contribution in [-0.2, 0) is 4.79 Å². The summed E-state index contributed by atoms with van der Waals surface area (Å²) >= 11 is 0. The molecule has 0 heterocycles. The van der Waals surface area contributed by atoms with Crippen molar-refractivity contribution in [2.24, 2.45) is 17.3 Å². The van der Waals surface area contributed by atoms with Gasteiger partial charge in [-0.05, 0) is 110 Å². The van der Waals surface area contributed by atoms with E-state index >= 15 is 0 Å². The lowest BCUT2D eigenvalue weighted by atomic mass is 9.51. The van der Waals surface area contributed by atoms with Gasteiger partial charge in [-0.15, -0.1) is 0 Å². The second-order valence-corrected chi connectivity index (χ2v) is 12.1. The summed E-state index contributed by atoms with van der Waals surface area (Å²) in [5.41, 5.74) is 5.65. The Kier molecular flexibility index (Phi) is 6.11. The van der Waals surface area contributed by atoms with Gasteiger partial charge in [0.1, 0.15) is 11.4 Å².